The van der Waals surface area contributed by atoms with Gasteiger partial charge in [-0.05, 0) is 5.56 Å². The summed E-state index contributed by atoms with van der Waals surface area (Å²) >= 11 is 0. The number of anilines is 1. The van der Waals surface area contributed by atoms with Crippen molar-refractivity contribution in [1.82, 2.24) is 14.9 Å². The molecule has 0 spiro atoms. The van der Waals surface area contributed by atoms with Crippen LogP contribution in [-0.2, 0) is 11.3 Å². The summed E-state index contributed by atoms with van der Waals surface area (Å²) in [5, 5.41) is 5.16. The zero-order valence-corrected chi connectivity index (χ0v) is 10.1. The van der Waals surface area contributed by atoms with E-state index in [2.05, 4.69) is 15.6 Å². The third kappa shape index (κ3) is 2.20. The van der Waals surface area contributed by atoms with Crippen LogP contribution in [0.3, 0.4) is 0 Å². The molecule has 0 bridgehead atoms. The van der Waals surface area contributed by atoms with Crippen LogP contribution in [0.4, 0.5) is 5.82 Å². The Morgan fingerprint density at radius 1 is 1.21 bits per heavy atom. The van der Waals surface area contributed by atoms with Crippen molar-refractivity contribution in [2.45, 2.75) is 6.54 Å². The molecule has 3 rings (SSSR count). The standard InChI is InChI=1S/C13H12N4O2/c18-10-6-14-13(19)11-12(16-10)15-8-17(11)7-9-4-2-1-3-5-9/h1-5,8H,6-7H2,(H,14,19)(H,16,18). The largest absolute Gasteiger partial charge is 0.342 e. The number of aromatic nitrogens is 2. The van der Waals surface area contributed by atoms with E-state index < -0.39 is 0 Å². The summed E-state index contributed by atoms with van der Waals surface area (Å²) in [6, 6.07) is 9.75. The van der Waals surface area contributed by atoms with Crippen LogP contribution in [0.5, 0.6) is 0 Å². The number of imidazole rings is 1. The van der Waals surface area contributed by atoms with Crippen LogP contribution < -0.4 is 10.6 Å². The Morgan fingerprint density at radius 3 is 2.79 bits per heavy atom. The van der Waals surface area contributed by atoms with Crippen LogP contribution in [0.25, 0.3) is 0 Å². The van der Waals surface area contributed by atoms with Crippen molar-refractivity contribution in [2.75, 3.05) is 11.9 Å². The zero-order valence-electron chi connectivity index (χ0n) is 10.1. The molecule has 19 heavy (non-hydrogen) atoms. The highest BCUT2D eigenvalue weighted by Gasteiger charge is 2.24. The minimum absolute atomic E-state index is 0.0273. The van der Waals surface area contributed by atoms with Gasteiger partial charge in [-0.2, -0.15) is 0 Å². The quantitative estimate of drug-likeness (QED) is 0.826. The van der Waals surface area contributed by atoms with Crippen molar-refractivity contribution in [3.8, 4) is 0 Å². The molecule has 0 aliphatic carbocycles. The topological polar surface area (TPSA) is 76.0 Å². The van der Waals surface area contributed by atoms with Crippen LogP contribution in [-0.4, -0.2) is 27.9 Å². The maximum atomic E-state index is 12.0. The average Bonchev–Trinajstić information content (AvgIpc) is 2.73. The number of benzene rings is 1. The van der Waals surface area contributed by atoms with E-state index in [0.29, 0.717) is 18.1 Å². The minimum atomic E-state index is -0.290. The first-order valence-electron chi connectivity index (χ1n) is 5.91. The van der Waals surface area contributed by atoms with E-state index in [1.807, 2.05) is 30.3 Å². The molecule has 1 aliphatic heterocycles. The lowest BCUT2D eigenvalue weighted by atomic mass is 10.2. The Morgan fingerprint density at radius 2 is 2.00 bits per heavy atom. The van der Waals surface area contributed by atoms with Gasteiger partial charge in [-0.3, -0.25) is 9.59 Å². The van der Waals surface area contributed by atoms with Crippen LogP contribution in [0.1, 0.15) is 16.1 Å². The molecule has 6 nitrogen and oxygen atoms in total. The van der Waals surface area contributed by atoms with Crippen LogP contribution >= 0.6 is 0 Å². The van der Waals surface area contributed by atoms with Crippen molar-refractivity contribution in [2.24, 2.45) is 0 Å². The number of hydrogen-bond donors (Lipinski definition) is 2. The average molecular weight is 256 g/mol. The third-order valence-corrected chi connectivity index (χ3v) is 2.92. The van der Waals surface area contributed by atoms with Crippen LogP contribution in [0, 0.1) is 0 Å². The highest BCUT2D eigenvalue weighted by molar-refractivity contribution is 6.06. The Hall–Kier alpha value is -2.63. The first-order chi connectivity index (χ1) is 9.24. The summed E-state index contributed by atoms with van der Waals surface area (Å²) in [6.07, 6.45) is 1.56. The monoisotopic (exact) mass is 256 g/mol. The number of fused-ring (bicyclic) bond motifs is 1. The molecule has 0 fully saturated rings. The van der Waals surface area contributed by atoms with Crippen molar-refractivity contribution in [1.29, 1.82) is 0 Å². The van der Waals surface area contributed by atoms with Gasteiger partial charge in [0.05, 0.1) is 12.9 Å². The predicted molar refractivity (Wildman–Crippen MR) is 68.7 cm³/mol. The number of nitrogens with one attached hydrogen (secondary N) is 2. The Labute approximate surface area is 109 Å². The van der Waals surface area contributed by atoms with Crippen molar-refractivity contribution < 1.29 is 9.59 Å². The molecule has 0 radical (unpaired) electrons. The summed E-state index contributed by atoms with van der Waals surface area (Å²) in [5.41, 5.74) is 1.45. The summed E-state index contributed by atoms with van der Waals surface area (Å²) in [6.45, 7) is 0.507. The number of hydrogen-bond acceptors (Lipinski definition) is 3. The second kappa shape index (κ2) is 4.56. The number of nitrogens with zero attached hydrogens (tertiary/aromatic N) is 2. The molecule has 96 valence electrons. The molecular formula is C13H12N4O2. The van der Waals surface area contributed by atoms with E-state index in [1.165, 1.54) is 0 Å². The molecule has 2 heterocycles. The number of rotatable bonds is 2. The van der Waals surface area contributed by atoms with Gasteiger partial charge in [0.15, 0.2) is 11.5 Å². The molecule has 0 unspecified atom stereocenters. The molecule has 1 aromatic heterocycles. The Bertz CT molecular complexity index is 633. The maximum absolute atomic E-state index is 12.0. The molecule has 6 heteroatoms. The zero-order chi connectivity index (χ0) is 13.2. The van der Waals surface area contributed by atoms with Gasteiger partial charge >= 0.3 is 0 Å². The van der Waals surface area contributed by atoms with E-state index in [1.54, 1.807) is 10.9 Å². The number of carbonyl (C=O) groups excluding carboxylic acids is 2. The van der Waals surface area contributed by atoms with E-state index in [0.717, 1.165) is 5.56 Å². The first kappa shape index (κ1) is 11.5. The molecule has 0 atom stereocenters. The number of amides is 2. The third-order valence-electron chi connectivity index (χ3n) is 2.92. The summed E-state index contributed by atoms with van der Waals surface area (Å²) < 4.78 is 1.73. The normalized spacial score (nSPS) is 14.3. The highest BCUT2D eigenvalue weighted by atomic mass is 16.2. The molecular weight excluding hydrogens is 244 g/mol. The minimum Gasteiger partial charge on any atom is -0.342 e. The van der Waals surface area contributed by atoms with Gasteiger partial charge in [0.2, 0.25) is 5.91 Å². The second-order valence-corrected chi connectivity index (χ2v) is 4.29. The fraction of sp³-hybridized carbons (Fsp3) is 0.154. The summed E-state index contributed by atoms with van der Waals surface area (Å²) in [4.78, 5) is 27.4. The number of carbonyl (C=O) groups is 2. The van der Waals surface area contributed by atoms with E-state index in [9.17, 15) is 9.59 Å². The van der Waals surface area contributed by atoms with Gasteiger partial charge < -0.3 is 15.2 Å². The van der Waals surface area contributed by atoms with E-state index >= 15 is 0 Å². The van der Waals surface area contributed by atoms with Gasteiger partial charge in [-0.25, -0.2) is 4.98 Å². The van der Waals surface area contributed by atoms with Crippen LogP contribution in [0.2, 0.25) is 0 Å². The smallest absolute Gasteiger partial charge is 0.272 e. The van der Waals surface area contributed by atoms with Crippen molar-refractivity contribution in [3.63, 3.8) is 0 Å². The molecule has 2 aromatic rings. The Kier molecular flexibility index (Phi) is 2.75. The summed E-state index contributed by atoms with van der Waals surface area (Å²) in [7, 11) is 0. The van der Waals surface area contributed by atoms with E-state index in [4.69, 9.17) is 0 Å². The van der Waals surface area contributed by atoms with Crippen LogP contribution in [0.15, 0.2) is 36.7 Å². The molecule has 1 aliphatic rings. The lowest BCUT2D eigenvalue weighted by Crippen LogP contribution is -2.29. The van der Waals surface area contributed by atoms with Gasteiger partial charge in [0, 0.05) is 6.54 Å². The SMILES string of the molecule is O=C1CNC(=O)c2c(ncn2Cc2ccccc2)N1. The lowest BCUT2D eigenvalue weighted by molar-refractivity contribution is -0.115. The highest BCUT2D eigenvalue weighted by Crippen LogP contribution is 2.17. The van der Waals surface area contributed by atoms with E-state index in [-0.39, 0.29) is 18.4 Å². The fourth-order valence-electron chi connectivity index (χ4n) is 2.03. The van der Waals surface area contributed by atoms with Crippen molar-refractivity contribution in [3.05, 3.63) is 47.9 Å². The van der Waals surface area contributed by atoms with Gasteiger partial charge in [0.25, 0.3) is 5.91 Å². The van der Waals surface area contributed by atoms with Crippen molar-refractivity contribution >= 4 is 17.6 Å². The second-order valence-electron chi connectivity index (χ2n) is 4.29. The lowest BCUT2D eigenvalue weighted by Gasteiger charge is -2.07. The molecule has 0 saturated heterocycles. The van der Waals surface area contributed by atoms with Gasteiger partial charge in [-0.1, -0.05) is 30.3 Å². The molecule has 0 saturated carbocycles. The molecule has 2 amide bonds. The first-order valence-corrected chi connectivity index (χ1v) is 5.91. The Balaban J connectivity index is 1.96. The molecule has 1 aromatic carbocycles. The maximum Gasteiger partial charge on any atom is 0.272 e. The predicted octanol–water partition coefficient (Wildman–Crippen LogP) is 0.613. The van der Waals surface area contributed by atoms with Gasteiger partial charge in [-0.15, -0.1) is 0 Å². The summed E-state index contributed by atoms with van der Waals surface area (Å²) in [5.74, 6) is -0.241. The van der Waals surface area contributed by atoms with Gasteiger partial charge in [0.1, 0.15) is 0 Å². The molecule has 2 N–H and O–H groups in total. The fourth-order valence-corrected chi connectivity index (χ4v) is 2.03.